The molecule has 4 rings (SSSR count). The molecule has 6 heteroatoms. The van der Waals surface area contributed by atoms with E-state index in [4.69, 9.17) is 9.26 Å². The summed E-state index contributed by atoms with van der Waals surface area (Å²) in [4.78, 5) is 4.53. The van der Waals surface area contributed by atoms with Crippen LogP contribution in [0.5, 0.6) is 5.75 Å². The molecule has 0 amide bonds. The molecule has 0 fully saturated rings. The molecule has 1 atom stereocenters. The van der Waals surface area contributed by atoms with Gasteiger partial charge in [-0.2, -0.15) is 10.2 Å². The molecule has 1 aliphatic carbocycles. The third-order valence-corrected chi connectivity index (χ3v) is 4.99. The second-order valence-electron chi connectivity index (χ2n) is 7.52. The van der Waals surface area contributed by atoms with E-state index in [0.29, 0.717) is 35.0 Å². The maximum absolute atomic E-state index is 10.5. The van der Waals surface area contributed by atoms with Crippen molar-refractivity contribution in [1.29, 1.82) is 5.26 Å². The predicted octanol–water partition coefficient (Wildman–Crippen LogP) is 4.22. The first-order chi connectivity index (χ1) is 13.4. The van der Waals surface area contributed by atoms with Crippen molar-refractivity contribution in [2.24, 2.45) is 0 Å². The standard InChI is InChI=1S/C22H21N3O3/c1-13(2)27-19-8-7-14(11-15(19)12-23)21-24-20(25-28-21)17-5-4-6-18-16(17)9-10-22(18,3)26/h4-8,11,13,26H,9-10H2,1-3H3. The molecule has 6 nitrogen and oxygen atoms in total. The molecule has 1 aliphatic rings. The lowest BCUT2D eigenvalue weighted by Crippen LogP contribution is -2.16. The van der Waals surface area contributed by atoms with Crippen LogP contribution in [0.4, 0.5) is 0 Å². The Labute approximate surface area is 163 Å². The van der Waals surface area contributed by atoms with E-state index >= 15 is 0 Å². The molecule has 1 heterocycles. The molecular weight excluding hydrogens is 354 g/mol. The van der Waals surface area contributed by atoms with Crippen molar-refractivity contribution in [3.05, 3.63) is 53.1 Å². The largest absolute Gasteiger partial charge is 0.490 e. The van der Waals surface area contributed by atoms with Crippen LogP contribution in [-0.2, 0) is 12.0 Å². The Kier molecular flexibility index (Phi) is 4.40. The minimum atomic E-state index is -0.828. The lowest BCUT2D eigenvalue weighted by Gasteiger charge is -2.17. The van der Waals surface area contributed by atoms with E-state index in [2.05, 4.69) is 16.2 Å². The van der Waals surface area contributed by atoms with Crippen molar-refractivity contribution in [3.63, 3.8) is 0 Å². The summed E-state index contributed by atoms with van der Waals surface area (Å²) in [5.41, 5.74) is 3.09. The van der Waals surface area contributed by atoms with Crippen LogP contribution in [0.1, 0.15) is 43.9 Å². The highest BCUT2D eigenvalue weighted by Gasteiger charge is 2.34. The summed E-state index contributed by atoms with van der Waals surface area (Å²) in [5.74, 6) is 1.35. The maximum Gasteiger partial charge on any atom is 0.258 e. The first kappa shape index (κ1) is 18.2. The van der Waals surface area contributed by atoms with Gasteiger partial charge in [0.2, 0.25) is 5.82 Å². The average Bonchev–Trinajstić information content (AvgIpc) is 3.27. The zero-order valence-electron chi connectivity index (χ0n) is 16.1. The predicted molar refractivity (Wildman–Crippen MR) is 104 cm³/mol. The maximum atomic E-state index is 10.5. The van der Waals surface area contributed by atoms with Crippen LogP contribution in [0.2, 0.25) is 0 Å². The second kappa shape index (κ2) is 6.77. The molecule has 2 aromatic carbocycles. The number of aromatic nitrogens is 2. The van der Waals surface area contributed by atoms with Crippen LogP contribution >= 0.6 is 0 Å². The zero-order chi connectivity index (χ0) is 19.9. The minimum Gasteiger partial charge on any atom is -0.490 e. The summed E-state index contributed by atoms with van der Waals surface area (Å²) in [7, 11) is 0. The van der Waals surface area contributed by atoms with E-state index in [1.807, 2.05) is 39.0 Å². The number of nitrogens with zero attached hydrogens (tertiary/aromatic N) is 3. The molecule has 3 aromatic rings. The highest BCUT2D eigenvalue weighted by atomic mass is 16.5. The number of ether oxygens (including phenoxy) is 1. The van der Waals surface area contributed by atoms with Gasteiger partial charge in [0.1, 0.15) is 11.8 Å². The Bertz CT molecular complexity index is 1080. The van der Waals surface area contributed by atoms with Gasteiger partial charge in [0.05, 0.1) is 17.3 Å². The van der Waals surface area contributed by atoms with E-state index in [-0.39, 0.29) is 6.10 Å². The lowest BCUT2D eigenvalue weighted by molar-refractivity contribution is 0.0595. The molecule has 0 saturated heterocycles. The van der Waals surface area contributed by atoms with Crippen molar-refractivity contribution in [2.45, 2.75) is 45.3 Å². The van der Waals surface area contributed by atoms with E-state index < -0.39 is 5.60 Å². The number of aliphatic hydroxyl groups is 1. The molecule has 1 N–H and O–H groups in total. The zero-order valence-corrected chi connectivity index (χ0v) is 16.1. The van der Waals surface area contributed by atoms with Crippen LogP contribution in [0.3, 0.4) is 0 Å². The summed E-state index contributed by atoms with van der Waals surface area (Å²) in [6.07, 6.45) is 1.42. The fourth-order valence-corrected chi connectivity index (χ4v) is 3.63. The molecule has 1 aromatic heterocycles. The molecule has 0 saturated carbocycles. The molecular formula is C22H21N3O3. The molecule has 28 heavy (non-hydrogen) atoms. The van der Waals surface area contributed by atoms with Gasteiger partial charge in [-0.3, -0.25) is 0 Å². The topological polar surface area (TPSA) is 92.2 Å². The molecule has 1 unspecified atom stereocenters. The molecule has 0 radical (unpaired) electrons. The lowest BCUT2D eigenvalue weighted by atomic mass is 9.96. The number of benzene rings is 2. The van der Waals surface area contributed by atoms with Crippen LogP contribution < -0.4 is 4.74 Å². The van der Waals surface area contributed by atoms with Gasteiger partial charge in [-0.15, -0.1) is 0 Å². The summed E-state index contributed by atoms with van der Waals surface area (Å²) in [6, 6.07) is 13.2. The smallest absolute Gasteiger partial charge is 0.258 e. The van der Waals surface area contributed by atoms with Gasteiger partial charge < -0.3 is 14.4 Å². The fourth-order valence-electron chi connectivity index (χ4n) is 3.63. The Morgan fingerprint density at radius 2 is 2.11 bits per heavy atom. The van der Waals surface area contributed by atoms with Gasteiger partial charge >= 0.3 is 0 Å². The van der Waals surface area contributed by atoms with Gasteiger partial charge in [0, 0.05) is 11.1 Å². The number of fused-ring (bicyclic) bond motifs is 1. The third-order valence-electron chi connectivity index (χ3n) is 4.99. The van der Waals surface area contributed by atoms with Gasteiger partial charge in [0.15, 0.2) is 0 Å². The van der Waals surface area contributed by atoms with Crippen molar-refractivity contribution < 1.29 is 14.4 Å². The second-order valence-corrected chi connectivity index (χ2v) is 7.52. The average molecular weight is 375 g/mol. The van der Waals surface area contributed by atoms with Crippen LogP contribution in [-0.4, -0.2) is 21.4 Å². The normalized spacial score (nSPS) is 18.1. The monoisotopic (exact) mass is 375 g/mol. The first-order valence-corrected chi connectivity index (χ1v) is 9.29. The number of hydrogen-bond acceptors (Lipinski definition) is 6. The van der Waals surface area contributed by atoms with E-state index in [1.54, 1.807) is 18.2 Å². The highest BCUT2D eigenvalue weighted by molar-refractivity contribution is 5.67. The number of rotatable bonds is 4. The fraction of sp³-hybridized carbons (Fsp3) is 0.318. The van der Waals surface area contributed by atoms with Gasteiger partial charge in [-0.25, -0.2) is 0 Å². The summed E-state index contributed by atoms with van der Waals surface area (Å²) in [6.45, 7) is 5.65. The van der Waals surface area contributed by atoms with E-state index in [9.17, 15) is 10.4 Å². The van der Waals surface area contributed by atoms with Crippen molar-refractivity contribution >= 4 is 0 Å². The van der Waals surface area contributed by atoms with Gasteiger partial charge in [-0.1, -0.05) is 23.4 Å². The third kappa shape index (κ3) is 3.14. The van der Waals surface area contributed by atoms with Crippen molar-refractivity contribution in [3.8, 4) is 34.7 Å². The Morgan fingerprint density at radius 1 is 1.29 bits per heavy atom. The Morgan fingerprint density at radius 3 is 2.86 bits per heavy atom. The minimum absolute atomic E-state index is 0.0228. The van der Waals surface area contributed by atoms with Crippen molar-refractivity contribution in [1.82, 2.24) is 10.1 Å². The molecule has 0 spiro atoms. The van der Waals surface area contributed by atoms with Crippen LogP contribution in [0.15, 0.2) is 40.9 Å². The number of nitriles is 1. The summed E-state index contributed by atoms with van der Waals surface area (Å²) >= 11 is 0. The van der Waals surface area contributed by atoms with E-state index in [0.717, 1.165) is 23.1 Å². The van der Waals surface area contributed by atoms with Crippen LogP contribution in [0, 0.1) is 11.3 Å². The van der Waals surface area contributed by atoms with Crippen LogP contribution in [0.25, 0.3) is 22.8 Å². The summed E-state index contributed by atoms with van der Waals surface area (Å²) < 4.78 is 11.1. The Hall–Kier alpha value is -3.17. The van der Waals surface area contributed by atoms with Gasteiger partial charge in [-0.05, 0) is 62.9 Å². The quantitative estimate of drug-likeness (QED) is 0.734. The summed E-state index contributed by atoms with van der Waals surface area (Å²) in [5, 5.41) is 24.1. The SMILES string of the molecule is CC(C)Oc1ccc(-c2nc(-c3cccc4c3CCC4(C)O)no2)cc1C#N. The molecule has 142 valence electrons. The molecule has 0 bridgehead atoms. The first-order valence-electron chi connectivity index (χ1n) is 9.29. The Balaban J connectivity index is 1.70. The highest BCUT2D eigenvalue weighted by Crippen LogP contribution is 2.41. The van der Waals surface area contributed by atoms with Crippen molar-refractivity contribution in [2.75, 3.05) is 0 Å². The van der Waals surface area contributed by atoms with Gasteiger partial charge in [0.25, 0.3) is 5.89 Å². The number of hydrogen-bond donors (Lipinski definition) is 1. The molecule has 0 aliphatic heterocycles. The van der Waals surface area contributed by atoms with E-state index in [1.165, 1.54) is 0 Å².